The third-order valence-electron chi connectivity index (χ3n) is 3.22. The van der Waals surface area contributed by atoms with Gasteiger partial charge in [0.25, 0.3) is 0 Å². The van der Waals surface area contributed by atoms with Crippen molar-refractivity contribution in [1.29, 1.82) is 0 Å². The predicted octanol–water partition coefficient (Wildman–Crippen LogP) is 2.60. The van der Waals surface area contributed by atoms with Gasteiger partial charge in [-0.1, -0.05) is 20.3 Å². The lowest BCUT2D eigenvalue weighted by Gasteiger charge is -2.15. The predicted molar refractivity (Wildman–Crippen MR) is 45.5 cm³/mol. The van der Waals surface area contributed by atoms with Crippen molar-refractivity contribution < 1.29 is 4.74 Å². The first-order valence-corrected chi connectivity index (χ1v) is 4.93. The molecule has 1 saturated carbocycles. The first kappa shape index (κ1) is 7.60. The minimum absolute atomic E-state index is 0.574. The molecule has 0 N–H and O–H groups in total. The quantitative estimate of drug-likeness (QED) is 0.564. The van der Waals surface area contributed by atoms with E-state index >= 15 is 0 Å². The Hall–Kier alpha value is -0.0400. The normalized spacial score (nSPS) is 43.4. The third kappa shape index (κ3) is 1.31. The van der Waals surface area contributed by atoms with E-state index in [-0.39, 0.29) is 0 Å². The molecular weight excluding hydrogens is 136 g/mol. The zero-order valence-corrected chi connectivity index (χ0v) is 7.55. The highest BCUT2D eigenvalue weighted by molar-refractivity contribution is 4.88. The van der Waals surface area contributed by atoms with Crippen LogP contribution in [0.4, 0.5) is 0 Å². The largest absolute Gasteiger partial charge is 0.374 e. The maximum absolute atomic E-state index is 5.95. The van der Waals surface area contributed by atoms with Crippen molar-refractivity contribution in [1.82, 2.24) is 0 Å². The van der Waals surface area contributed by atoms with Gasteiger partial charge in [0.15, 0.2) is 0 Å². The van der Waals surface area contributed by atoms with Gasteiger partial charge in [-0.15, -0.1) is 0 Å². The second kappa shape index (κ2) is 2.78. The topological polar surface area (TPSA) is 9.23 Å². The average molecular weight is 154 g/mol. The summed E-state index contributed by atoms with van der Waals surface area (Å²) >= 11 is 0. The second-order valence-electron chi connectivity index (χ2n) is 4.38. The number of fused-ring (bicyclic) bond motifs is 1. The molecule has 11 heavy (non-hydrogen) atoms. The van der Waals surface area contributed by atoms with Crippen LogP contribution in [0, 0.1) is 11.8 Å². The van der Waals surface area contributed by atoms with Crippen LogP contribution in [0.3, 0.4) is 0 Å². The van der Waals surface area contributed by atoms with Crippen LogP contribution < -0.4 is 0 Å². The SMILES string of the molecule is CC(C)C1CC2CCCC2O1. The molecule has 0 spiro atoms. The van der Waals surface area contributed by atoms with Crippen molar-refractivity contribution in [3.8, 4) is 0 Å². The van der Waals surface area contributed by atoms with E-state index in [2.05, 4.69) is 13.8 Å². The van der Waals surface area contributed by atoms with Crippen LogP contribution in [0.15, 0.2) is 0 Å². The Kier molecular flexibility index (Phi) is 1.92. The minimum atomic E-state index is 0.574. The van der Waals surface area contributed by atoms with E-state index in [9.17, 15) is 0 Å². The van der Waals surface area contributed by atoms with E-state index < -0.39 is 0 Å². The van der Waals surface area contributed by atoms with Crippen molar-refractivity contribution in [3.63, 3.8) is 0 Å². The maximum Gasteiger partial charge on any atom is 0.0608 e. The lowest BCUT2D eigenvalue weighted by molar-refractivity contribution is 0.0167. The molecule has 64 valence electrons. The Morgan fingerprint density at radius 2 is 2.09 bits per heavy atom. The number of hydrogen-bond donors (Lipinski definition) is 0. The molecule has 2 aliphatic rings. The summed E-state index contributed by atoms with van der Waals surface area (Å²) in [5.74, 6) is 1.64. The molecule has 3 atom stereocenters. The van der Waals surface area contributed by atoms with Crippen molar-refractivity contribution >= 4 is 0 Å². The standard InChI is InChI=1S/C10H18O/c1-7(2)10-6-8-4-3-5-9(8)11-10/h7-10H,3-6H2,1-2H3. The van der Waals surface area contributed by atoms with Crippen LogP contribution in [-0.2, 0) is 4.74 Å². The number of rotatable bonds is 1. The Morgan fingerprint density at radius 1 is 1.27 bits per heavy atom. The van der Waals surface area contributed by atoms with Crippen LogP contribution in [0.25, 0.3) is 0 Å². The highest BCUT2D eigenvalue weighted by atomic mass is 16.5. The molecule has 1 heterocycles. The van der Waals surface area contributed by atoms with Crippen LogP contribution in [0.1, 0.15) is 39.5 Å². The van der Waals surface area contributed by atoms with Crippen LogP contribution in [0.5, 0.6) is 0 Å². The summed E-state index contributed by atoms with van der Waals surface area (Å²) < 4.78 is 5.95. The molecule has 1 saturated heterocycles. The Bertz CT molecular complexity index is 130. The Balaban J connectivity index is 1.94. The lowest BCUT2D eigenvalue weighted by Crippen LogP contribution is -2.15. The van der Waals surface area contributed by atoms with Gasteiger partial charge < -0.3 is 4.74 Å². The Labute approximate surface area is 69.1 Å². The van der Waals surface area contributed by atoms with Gasteiger partial charge in [0, 0.05) is 0 Å². The van der Waals surface area contributed by atoms with Crippen LogP contribution >= 0.6 is 0 Å². The van der Waals surface area contributed by atoms with E-state index in [1.807, 2.05) is 0 Å². The fourth-order valence-corrected chi connectivity index (χ4v) is 2.46. The van der Waals surface area contributed by atoms with Crippen LogP contribution in [-0.4, -0.2) is 12.2 Å². The van der Waals surface area contributed by atoms with E-state index in [0.717, 1.165) is 11.8 Å². The molecule has 1 aliphatic heterocycles. The molecule has 0 aromatic carbocycles. The molecule has 0 radical (unpaired) electrons. The Morgan fingerprint density at radius 3 is 2.73 bits per heavy atom. The molecule has 0 amide bonds. The first-order valence-electron chi connectivity index (χ1n) is 4.93. The van der Waals surface area contributed by atoms with E-state index in [1.165, 1.54) is 25.7 Å². The van der Waals surface area contributed by atoms with Gasteiger partial charge in [0.2, 0.25) is 0 Å². The molecule has 2 fully saturated rings. The number of ether oxygens (including phenoxy) is 1. The summed E-state index contributed by atoms with van der Waals surface area (Å²) in [6.07, 6.45) is 6.71. The number of hydrogen-bond acceptors (Lipinski definition) is 1. The smallest absolute Gasteiger partial charge is 0.0608 e. The van der Waals surface area contributed by atoms with E-state index in [4.69, 9.17) is 4.74 Å². The van der Waals surface area contributed by atoms with Gasteiger partial charge in [-0.25, -0.2) is 0 Å². The van der Waals surface area contributed by atoms with Crippen molar-refractivity contribution in [2.45, 2.75) is 51.7 Å². The van der Waals surface area contributed by atoms with Gasteiger partial charge >= 0.3 is 0 Å². The lowest BCUT2D eigenvalue weighted by atomic mass is 9.97. The monoisotopic (exact) mass is 154 g/mol. The highest BCUT2D eigenvalue weighted by Gasteiger charge is 2.38. The molecule has 0 aromatic rings. The molecule has 1 heteroatoms. The van der Waals surface area contributed by atoms with E-state index in [0.29, 0.717) is 12.2 Å². The third-order valence-corrected chi connectivity index (χ3v) is 3.22. The summed E-state index contributed by atoms with van der Waals surface area (Å²) in [5, 5.41) is 0. The van der Waals surface area contributed by atoms with Gasteiger partial charge in [0.05, 0.1) is 12.2 Å². The molecule has 0 aromatic heterocycles. The molecule has 1 nitrogen and oxygen atoms in total. The minimum Gasteiger partial charge on any atom is -0.374 e. The molecule has 2 rings (SSSR count). The summed E-state index contributed by atoms with van der Waals surface area (Å²) in [6, 6.07) is 0. The van der Waals surface area contributed by atoms with Crippen LogP contribution in [0.2, 0.25) is 0 Å². The van der Waals surface area contributed by atoms with Crippen molar-refractivity contribution in [3.05, 3.63) is 0 Å². The van der Waals surface area contributed by atoms with Gasteiger partial charge in [-0.3, -0.25) is 0 Å². The molecule has 0 bridgehead atoms. The summed E-state index contributed by atoms with van der Waals surface area (Å²) in [7, 11) is 0. The zero-order valence-electron chi connectivity index (χ0n) is 7.55. The average Bonchev–Trinajstić information content (AvgIpc) is 2.40. The molecule has 1 aliphatic carbocycles. The molecule has 3 unspecified atom stereocenters. The summed E-state index contributed by atoms with van der Waals surface area (Å²) in [6.45, 7) is 4.54. The molecular formula is C10H18O. The van der Waals surface area contributed by atoms with Crippen molar-refractivity contribution in [2.24, 2.45) is 11.8 Å². The highest BCUT2D eigenvalue weighted by Crippen LogP contribution is 2.40. The zero-order chi connectivity index (χ0) is 7.84. The van der Waals surface area contributed by atoms with Crippen molar-refractivity contribution in [2.75, 3.05) is 0 Å². The van der Waals surface area contributed by atoms with Gasteiger partial charge in [-0.2, -0.15) is 0 Å². The fourth-order valence-electron chi connectivity index (χ4n) is 2.46. The summed E-state index contributed by atoms with van der Waals surface area (Å²) in [5.41, 5.74) is 0. The summed E-state index contributed by atoms with van der Waals surface area (Å²) in [4.78, 5) is 0. The maximum atomic E-state index is 5.95. The van der Waals surface area contributed by atoms with Gasteiger partial charge in [-0.05, 0) is 31.1 Å². The fraction of sp³-hybridized carbons (Fsp3) is 1.00. The van der Waals surface area contributed by atoms with Gasteiger partial charge in [0.1, 0.15) is 0 Å². The first-order chi connectivity index (χ1) is 5.27. The van der Waals surface area contributed by atoms with E-state index in [1.54, 1.807) is 0 Å². The second-order valence-corrected chi connectivity index (χ2v) is 4.38.